The fraction of sp³-hybridized carbons (Fsp3) is 0.143. The van der Waals surface area contributed by atoms with Crippen molar-refractivity contribution in [3.8, 4) is 22.9 Å². The van der Waals surface area contributed by atoms with E-state index in [1.807, 2.05) is 64.3 Å². The Hall–Kier alpha value is -4.77. The first kappa shape index (κ1) is 25.9. The molecule has 0 spiro atoms. The van der Waals surface area contributed by atoms with Crippen molar-refractivity contribution in [2.45, 2.75) is 25.8 Å². The Morgan fingerprint density at radius 3 is 2.44 bits per heavy atom. The van der Waals surface area contributed by atoms with E-state index in [1.54, 1.807) is 10.7 Å². The molecule has 0 aliphatic carbocycles. The fourth-order valence-electron chi connectivity index (χ4n) is 4.46. The highest BCUT2D eigenvalue weighted by Crippen LogP contribution is 2.34. The Kier molecular flexibility index (Phi) is 6.52. The van der Waals surface area contributed by atoms with Crippen LogP contribution in [0.3, 0.4) is 0 Å². The third kappa shape index (κ3) is 5.16. The van der Waals surface area contributed by atoms with Crippen molar-refractivity contribution in [2.75, 3.05) is 5.73 Å². The van der Waals surface area contributed by atoms with Crippen LogP contribution in [-0.4, -0.2) is 34.1 Å². The molecular weight excluding hydrogens is 516 g/mol. The number of ether oxygens (including phenoxy) is 1. The van der Waals surface area contributed by atoms with E-state index in [2.05, 4.69) is 19.8 Å². The number of aryl methyl sites for hydroxylation is 4. The minimum absolute atomic E-state index is 0. The molecular formula is C28H30N6O4S. The van der Waals surface area contributed by atoms with Crippen LogP contribution >= 0.6 is 0 Å². The van der Waals surface area contributed by atoms with Crippen LogP contribution in [0.1, 0.15) is 29.9 Å². The number of carbonyl (C=O) groups excluding carboxylic acids is 1. The first-order valence-electron chi connectivity index (χ1n) is 12.0. The van der Waals surface area contributed by atoms with Gasteiger partial charge in [0.15, 0.2) is 5.03 Å². The minimum Gasteiger partial charge on any atom is -0.438 e. The van der Waals surface area contributed by atoms with Gasteiger partial charge >= 0.3 is 0 Å². The number of aromatic nitrogens is 4. The van der Waals surface area contributed by atoms with Crippen molar-refractivity contribution in [3.05, 3.63) is 89.1 Å². The molecule has 0 unspecified atom stereocenters. The van der Waals surface area contributed by atoms with E-state index in [0.29, 0.717) is 11.4 Å². The summed E-state index contributed by atoms with van der Waals surface area (Å²) in [6.07, 6.45) is 1.88. The lowest BCUT2D eigenvalue weighted by Crippen LogP contribution is -2.31. The predicted octanol–water partition coefficient (Wildman–Crippen LogP) is 4.94. The Labute approximate surface area is 228 Å². The summed E-state index contributed by atoms with van der Waals surface area (Å²) >= 11 is 0. The first-order chi connectivity index (χ1) is 18.5. The van der Waals surface area contributed by atoms with Crippen molar-refractivity contribution < 1.29 is 20.8 Å². The van der Waals surface area contributed by atoms with E-state index in [9.17, 15) is 13.2 Å². The molecule has 0 saturated heterocycles. The second-order valence-corrected chi connectivity index (χ2v) is 10.9. The number of benzene rings is 2. The molecule has 0 atom stereocenters. The lowest BCUT2D eigenvalue weighted by atomic mass is 10.1. The third-order valence-electron chi connectivity index (χ3n) is 6.10. The molecule has 1 amide bonds. The number of amides is 1. The van der Waals surface area contributed by atoms with Gasteiger partial charge in [0.1, 0.15) is 17.1 Å². The van der Waals surface area contributed by atoms with Gasteiger partial charge in [-0.25, -0.2) is 14.7 Å². The molecule has 0 saturated carbocycles. The van der Waals surface area contributed by atoms with Gasteiger partial charge in [-0.1, -0.05) is 35.9 Å². The van der Waals surface area contributed by atoms with Crippen molar-refractivity contribution >= 4 is 32.7 Å². The van der Waals surface area contributed by atoms with Crippen molar-refractivity contribution in [2.24, 2.45) is 7.05 Å². The number of nitrogen functional groups attached to an aromatic ring is 1. The standard InChI is InChI=1S/C28H26N6O4S.2H2/c1-16-13-17(2)26(18(3)14-16)38-28-20(27(35)33-39(36,37)25-10-6-9-24(29)31-25)11-12-22(30-28)19-7-5-8-23-21(19)15-34(4)32-23;;/h5-15H,1-4H3,(H2,29,31)(H,33,35);2*1H. The molecule has 3 N–H and O–H groups in total. The Morgan fingerprint density at radius 1 is 1.00 bits per heavy atom. The van der Waals surface area contributed by atoms with Crippen LogP contribution in [0.5, 0.6) is 11.6 Å². The molecule has 3 heterocycles. The SMILES string of the molecule is Cc1cc(C)c(Oc2nc(-c3cccc4nn(C)cc34)ccc2C(=O)NS(=O)(=O)c2cccc(N)n2)c(C)c1.[HH].[HH]. The summed E-state index contributed by atoms with van der Waals surface area (Å²) in [6, 6.07) is 16.8. The number of nitrogens with one attached hydrogen (secondary N) is 1. The first-order valence-corrected chi connectivity index (χ1v) is 13.5. The quantitative estimate of drug-likeness (QED) is 0.305. The number of nitrogens with zero attached hydrogens (tertiary/aromatic N) is 4. The number of rotatable bonds is 6. The van der Waals surface area contributed by atoms with Gasteiger partial charge in [-0.15, -0.1) is 0 Å². The summed E-state index contributed by atoms with van der Waals surface area (Å²) < 4.78 is 35.8. The second-order valence-electron chi connectivity index (χ2n) is 9.26. The molecule has 10 nitrogen and oxygen atoms in total. The molecule has 5 aromatic rings. The number of pyridine rings is 2. The van der Waals surface area contributed by atoms with Crippen LogP contribution in [0.15, 0.2) is 71.9 Å². The predicted molar refractivity (Wildman–Crippen MR) is 152 cm³/mol. The van der Waals surface area contributed by atoms with Gasteiger partial charge in [-0.05, 0) is 62.2 Å². The number of fused-ring (bicyclic) bond motifs is 1. The van der Waals surface area contributed by atoms with E-state index < -0.39 is 15.9 Å². The molecule has 0 aliphatic rings. The summed E-state index contributed by atoms with van der Waals surface area (Å²) in [6.45, 7) is 5.77. The normalized spacial score (nSPS) is 11.5. The maximum atomic E-state index is 13.3. The number of hydrogen-bond donors (Lipinski definition) is 2. The zero-order chi connectivity index (χ0) is 27.9. The summed E-state index contributed by atoms with van der Waals surface area (Å²) in [5.41, 5.74) is 10.4. The maximum absolute atomic E-state index is 13.3. The van der Waals surface area contributed by atoms with E-state index >= 15 is 0 Å². The maximum Gasteiger partial charge on any atom is 0.281 e. The Balaban J connectivity index is 0.00000231. The smallest absolute Gasteiger partial charge is 0.281 e. The van der Waals surface area contributed by atoms with Crippen LogP contribution in [-0.2, 0) is 17.1 Å². The summed E-state index contributed by atoms with van der Waals surface area (Å²) in [5.74, 6) is -0.429. The highest BCUT2D eigenvalue weighted by atomic mass is 32.2. The van der Waals surface area contributed by atoms with Gasteiger partial charge in [-0.3, -0.25) is 9.48 Å². The van der Waals surface area contributed by atoms with Crippen LogP contribution in [0.4, 0.5) is 5.82 Å². The zero-order valence-corrected chi connectivity index (χ0v) is 22.6. The Bertz CT molecular complexity index is 1850. The number of carbonyl (C=O) groups is 1. The monoisotopic (exact) mass is 546 g/mol. The molecule has 0 aliphatic heterocycles. The molecule has 5 rings (SSSR count). The molecule has 2 aromatic carbocycles. The molecule has 202 valence electrons. The van der Waals surface area contributed by atoms with Gasteiger partial charge in [0.2, 0.25) is 5.88 Å². The molecule has 0 radical (unpaired) electrons. The van der Waals surface area contributed by atoms with Gasteiger partial charge in [-0.2, -0.15) is 13.5 Å². The summed E-state index contributed by atoms with van der Waals surface area (Å²) in [4.78, 5) is 21.8. The fourth-order valence-corrected chi connectivity index (χ4v) is 5.40. The topological polar surface area (TPSA) is 142 Å². The van der Waals surface area contributed by atoms with E-state index in [1.165, 1.54) is 24.3 Å². The van der Waals surface area contributed by atoms with Gasteiger partial charge in [0.05, 0.1) is 11.2 Å². The lowest BCUT2D eigenvalue weighted by Gasteiger charge is -2.16. The average Bonchev–Trinajstić information content (AvgIpc) is 3.26. The minimum atomic E-state index is -4.32. The number of anilines is 1. The average molecular weight is 547 g/mol. The van der Waals surface area contributed by atoms with Gasteiger partial charge in [0.25, 0.3) is 15.9 Å². The largest absolute Gasteiger partial charge is 0.438 e. The summed E-state index contributed by atoms with van der Waals surface area (Å²) in [5, 5.41) is 4.94. The zero-order valence-electron chi connectivity index (χ0n) is 21.8. The highest BCUT2D eigenvalue weighted by molar-refractivity contribution is 7.90. The third-order valence-corrected chi connectivity index (χ3v) is 7.33. The van der Waals surface area contributed by atoms with Crippen molar-refractivity contribution in [1.82, 2.24) is 24.5 Å². The number of sulfonamides is 1. The Morgan fingerprint density at radius 2 is 1.72 bits per heavy atom. The number of nitrogens with two attached hydrogens (primary N) is 1. The van der Waals surface area contributed by atoms with Gasteiger partial charge in [0, 0.05) is 27.0 Å². The highest BCUT2D eigenvalue weighted by Gasteiger charge is 2.25. The van der Waals surface area contributed by atoms with E-state index in [-0.39, 0.29) is 25.1 Å². The van der Waals surface area contributed by atoms with Crippen LogP contribution in [0.2, 0.25) is 0 Å². The van der Waals surface area contributed by atoms with Crippen LogP contribution < -0.4 is 15.2 Å². The van der Waals surface area contributed by atoms with E-state index in [4.69, 9.17) is 10.5 Å². The molecule has 0 bridgehead atoms. The van der Waals surface area contributed by atoms with Crippen LogP contribution in [0, 0.1) is 20.8 Å². The van der Waals surface area contributed by atoms with Crippen LogP contribution in [0.25, 0.3) is 22.2 Å². The molecule has 0 fully saturated rings. The molecule has 11 heteroatoms. The van der Waals surface area contributed by atoms with E-state index in [0.717, 1.165) is 33.2 Å². The van der Waals surface area contributed by atoms with Crippen molar-refractivity contribution in [3.63, 3.8) is 0 Å². The lowest BCUT2D eigenvalue weighted by molar-refractivity contribution is 0.0978. The van der Waals surface area contributed by atoms with Crippen molar-refractivity contribution in [1.29, 1.82) is 0 Å². The molecule has 3 aromatic heterocycles. The second kappa shape index (κ2) is 9.84. The van der Waals surface area contributed by atoms with Gasteiger partial charge < -0.3 is 10.5 Å². The molecule has 39 heavy (non-hydrogen) atoms. The summed E-state index contributed by atoms with van der Waals surface area (Å²) in [7, 11) is -2.48. The number of hydrogen-bond acceptors (Lipinski definition) is 8.